The first-order chi connectivity index (χ1) is 9.87. The van der Waals surface area contributed by atoms with Gasteiger partial charge in [0.1, 0.15) is 11.4 Å². The molecular weight excluding hydrogens is 290 g/mol. The largest absolute Gasteiger partial charge is 0.444 e. The molecule has 0 spiro atoms. The van der Waals surface area contributed by atoms with Gasteiger partial charge in [-0.05, 0) is 39.3 Å². The zero-order valence-electron chi connectivity index (χ0n) is 12.8. The van der Waals surface area contributed by atoms with Crippen LogP contribution in [0.3, 0.4) is 0 Å². The highest BCUT2D eigenvalue weighted by atomic mass is 35.5. The third-order valence-electron chi connectivity index (χ3n) is 3.19. The van der Waals surface area contributed by atoms with E-state index in [4.69, 9.17) is 16.3 Å². The minimum absolute atomic E-state index is 0.253. The van der Waals surface area contributed by atoms with Crippen molar-refractivity contribution in [2.75, 3.05) is 31.1 Å². The Balaban J connectivity index is 1.99. The molecule has 2 rings (SSSR count). The molecule has 0 aromatic carbocycles. The molecule has 1 aromatic heterocycles. The number of halogens is 1. The van der Waals surface area contributed by atoms with Gasteiger partial charge in [-0.15, -0.1) is 0 Å². The van der Waals surface area contributed by atoms with Gasteiger partial charge in [0.15, 0.2) is 0 Å². The molecule has 0 unspecified atom stereocenters. The van der Waals surface area contributed by atoms with Crippen molar-refractivity contribution in [3.63, 3.8) is 0 Å². The van der Waals surface area contributed by atoms with E-state index in [0.29, 0.717) is 24.7 Å². The van der Waals surface area contributed by atoms with Crippen LogP contribution in [0, 0.1) is 0 Å². The van der Waals surface area contributed by atoms with Crippen molar-refractivity contribution in [1.29, 1.82) is 0 Å². The molecule has 0 radical (unpaired) electrons. The van der Waals surface area contributed by atoms with Gasteiger partial charge in [-0.25, -0.2) is 9.78 Å². The van der Waals surface area contributed by atoms with E-state index in [1.165, 1.54) is 0 Å². The summed E-state index contributed by atoms with van der Waals surface area (Å²) in [6.45, 7) is 8.47. The molecule has 0 atom stereocenters. The minimum atomic E-state index is -0.465. The Kier molecular flexibility index (Phi) is 4.93. The van der Waals surface area contributed by atoms with Gasteiger partial charge in [-0.1, -0.05) is 11.6 Å². The number of aromatic nitrogens is 1. The summed E-state index contributed by atoms with van der Waals surface area (Å²) in [7, 11) is 0. The molecule has 1 aliphatic heterocycles. The Labute approximate surface area is 130 Å². The number of hydrogen-bond donors (Lipinski definition) is 0. The molecule has 6 heteroatoms. The van der Waals surface area contributed by atoms with E-state index in [1.54, 1.807) is 11.1 Å². The minimum Gasteiger partial charge on any atom is -0.444 e. The van der Waals surface area contributed by atoms with Gasteiger partial charge < -0.3 is 14.5 Å². The van der Waals surface area contributed by atoms with Crippen LogP contribution in [-0.2, 0) is 4.74 Å². The monoisotopic (exact) mass is 311 g/mol. The van der Waals surface area contributed by atoms with Crippen molar-refractivity contribution in [2.24, 2.45) is 0 Å². The van der Waals surface area contributed by atoms with Gasteiger partial charge in [0.25, 0.3) is 0 Å². The van der Waals surface area contributed by atoms with Crippen molar-refractivity contribution in [3.05, 3.63) is 23.4 Å². The SMILES string of the molecule is CC(C)(C)OC(=O)N1CCCN(c2ncccc2Cl)CC1. The third-order valence-corrected chi connectivity index (χ3v) is 3.48. The Morgan fingerprint density at radius 3 is 2.71 bits per heavy atom. The standard InChI is InChI=1S/C15H22ClN3O2/c1-15(2,3)21-14(20)19-9-5-8-18(10-11-19)13-12(16)6-4-7-17-13/h4,6-7H,5,8-11H2,1-3H3. The van der Waals surface area contributed by atoms with Gasteiger partial charge in [0.2, 0.25) is 0 Å². The number of nitrogens with zero attached hydrogens (tertiary/aromatic N) is 3. The van der Waals surface area contributed by atoms with Crippen LogP contribution < -0.4 is 4.90 Å². The number of carbonyl (C=O) groups is 1. The van der Waals surface area contributed by atoms with E-state index in [2.05, 4.69) is 9.88 Å². The summed E-state index contributed by atoms with van der Waals surface area (Å²) in [6, 6.07) is 3.65. The normalized spacial score (nSPS) is 16.6. The Hall–Kier alpha value is -1.49. The molecule has 1 fully saturated rings. The smallest absolute Gasteiger partial charge is 0.410 e. The number of carbonyl (C=O) groups excluding carboxylic acids is 1. The maximum atomic E-state index is 12.1. The fraction of sp³-hybridized carbons (Fsp3) is 0.600. The first-order valence-corrected chi connectivity index (χ1v) is 7.58. The maximum Gasteiger partial charge on any atom is 0.410 e. The topological polar surface area (TPSA) is 45.7 Å². The lowest BCUT2D eigenvalue weighted by Crippen LogP contribution is -2.39. The number of anilines is 1. The fourth-order valence-corrected chi connectivity index (χ4v) is 2.49. The summed E-state index contributed by atoms with van der Waals surface area (Å²) in [5, 5.41) is 0.642. The van der Waals surface area contributed by atoms with Crippen molar-refractivity contribution in [3.8, 4) is 0 Å². The second-order valence-corrected chi connectivity index (χ2v) is 6.52. The highest BCUT2D eigenvalue weighted by Gasteiger charge is 2.25. The molecule has 0 bridgehead atoms. The van der Waals surface area contributed by atoms with Gasteiger partial charge in [-0.2, -0.15) is 0 Å². The quantitative estimate of drug-likeness (QED) is 0.799. The first kappa shape index (κ1) is 15.9. The summed E-state index contributed by atoms with van der Waals surface area (Å²) in [5.74, 6) is 0.783. The zero-order valence-corrected chi connectivity index (χ0v) is 13.6. The Morgan fingerprint density at radius 2 is 2.05 bits per heavy atom. The summed E-state index contributed by atoms with van der Waals surface area (Å²) >= 11 is 6.19. The van der Waals surface area contributed by atoms with E-state index in [1.807, 2.05) is 32.9 Å². The number of ether oxygens (including phenoxy) is 1. The highest BCUT2D eigenvalue weighted by Crippen LogP contribution is 2.23. The van der Waals surface area contributed by atoms with Crippen LogP contribution in [0.2, 0.25) is 5.02 Å². The van der Waals surface area contributed by atoms with E-state index in [-0.39, 0.29) is 6.09 Å². The molecule has 1 saturated heterocycles. The molecule has 21 heavy (non-hydrogen) atoms. The van der Waals surface area contributed by atoms with Crippen LogP contribution in [0.25, 0.3) is 0 Å². The number of pyridine rings is 1. The number of amides is 1. The molecule has 5 nitrogen and oxygen atoms in total. The van der Waals surface area contributed by atoms with Crippen LogP contribution in [0.15, 0.2) is 18.3 Å². The van der Waals surface area contributed by atoms with Crippen LogP contribution in [0.5, 0.6) is 0 Å². The van der Waals surface area contributed by atoms with Gasteiger partial charge in [0, 0.05) is 32.4 Å². The lowest BCUT2D eigenvalue weighted by molar-refractivity contribution is 0.0263. The van der Waals surface area contributed by atoms with E-state index >= 15 is 0 Å². The lowest BCUT2D eigenvalue weighted by atomic mass is 10.2. The molecule has 116 valence electrons. The molecular formula is C15H22ClN3O2. The van der Waals surface area contributed by atoms with Crippen molar-refractivity contribution >= 4 is 23.5 Å². The fourth-order valence-electron chi connectivity index (χ4n) is 2.25. The van der Waals surface area contributed by atoms with Crippen molar-refractivity contribution in [1.82, 2.24) is 9.88 Å². The summed E-state index contributed by atoms with van der Waals surface area (Å²) in [5.41, 5.74) is -0.465. The summed E-state index contributed by atoms with van der Waals surface area (Å²) in [4.78, 5) is 20.3. The second kappa shape index (κ2) is 6.52. The van der Waals surface area contributed by atoms with Crippen LogP contribution in [-0.4, -0.2) is 47.8 Å². The van der Waals surface area contributed by atoms with Gasteiger partial charge >= 0.3 is 6.09 Å². The van der Waals surface area contributed by atoms with Crippen LogP contribution in [0.1, 0.15) is 27.2 Å². The Morgan fingerprint density at radius 1 is 1.29 bits per heavy atom. The molecule has 0 aliphatic carbocycles. The second-order valence-electron chi connectivity index (χ2n) is 6.12. The predicted octanol–water partition coefficient (Wildman–Crippen LogP) is 3.18. The van der Waals surface area contributed by atoms with E-state index < -0.39 is 5.60 Å². The maximum absolute atomic E-state index is 12.1. The van der Waals surface area contributed by atoms with Crippen molar-refractivity contribution in [2.45, 2.75) is 32.8 Å². The molecule has 2 heterocycles. The zero-order chi connectivity index (χ0) is 15.5. The summed E-state index contributed by atoms with van der Waals surface area (Å²) in [6.07, 6.45) is 2.35. The molecule has 0 saturated carbocycles. The van der Waals surface area contributed by atoms with Gasteiger partial charge in [0.05, 0.1) is 5.02 Å². The lowest BCUT2D eigenvalue weighted by Gasteiger charge is -2.26. The molecule has 0 N–H and O–H groups in total. The third kappa shape index (κ3) is 4.49. The average Bonchev–Trinajstić information content (AvgIpc) is 2.63. The van der Waals surface area contributed by atoms with Crippen LogP contribution >= 0.6 is 11.6 Å². The average molecular weight is 312 g/mol. The van der Waals surface area contributed by atoms with Gasteiger partial charge in [-0.3, -0.25) is 0 Å². The Bertz CT molecular complexity index is 502. The van der Waals surface area contributed by atoms with Crippen molar-refractivity contribution < 1.29 is 9.53 Å². The molecule has 1 aliphatic rings. The van der Waals surface area contributed by atoms with Crippen LogP contribution in [0.4, 0.5) is 10.6 Å². The number of rotatable bonds is 1. The number of hydrogen-bond acceptors (Lipinski definition) is 4. The predicted molar refractivity (Wildman–Crippen MR) is 83.9 cm³/mol. The highest BCUT2D eigenvalue weighted by molar-refractivity contribution is 6.32. The summed E-state index contributed by atoms with van der Waals surface area (Å²) < 4.78 is 5.42. The molecule has 1 aromatic rings. The van der Waals surface area contributed by atoms with E-state index in [0.717, 1.165) is 18.8 Å². The first-order valence-electron chi connectivity index (χ1n) is 7.20. The van der Waals surface area contributed by atoms with E-state index in [9.17, 15) is 4.79 Å². The molecule has 1 amide bonds.